The van der Waals surface area contributed by atoms with Crippen LogP contribution in [0.5, 0.6) is 0 Å². The molecule has 1 aliphatic rings. The summed E-state index contributed by atoms with van der Waals surface area (Å²) in [5.74, 6) is 0.608. The van der Waals surface area contributed by atoms with Crippen LogP contribution < -0.4 is 4.90 Å². The molecule has 25 heavy (non-hydrogen) atoms. The summed E-state index contributed by atoms with van der Waals surface area (Å²) in [7, 11) is 0. The maximum Gasteiger partial charge on any atom is 0.161 e. The highest BCUT2D eigenvalue weighted by molar-refractivity contribution is 6.07. The number of furan rings is 1. The number of hydrogen-bond acceptors (Lipinski definition) is 4. The van der Waals surface area contributed by atoms with Crippen LogP contribution in [0, 0.1) is 12.8 Å². The number of rotatable bonds is 3. The van der Waals surface area contributed by atoms with E-state index in [0.717, 1.165) is 34.3 Å². The molecule has 4 heteroatoms. The number of anilines is 1. The second-order valence-electron chi connectivity index (χ2n) is 7.77. The first kappa shape index (κ1) is 16.0. The molecule has 2 aromatic heterocycles. The van der Waals surface area contributed by atoms with Crippen molar-refractivity contribution in [3.05, 3.63) is 48.4 Å². The molecule has 1 aliphatic heterocycles. The molecule has 4 nitrogen and oxygen atoms in total. The van der Waals surface area contributed by atoms with Crippen LogP contribution in [0.3, 0.4) is 0 Å². The van der Waals surface area contributed by atoms with Crippen LogP contribution in [0.4, 0.5) is 5.69 Å². The maximum absolute atomic E-state index is 6.23. The Morgan fingerprint density at radius 3 is 2.72 bits per heavy atom. The standard InChI is InChI=1S/C21H25N3O/c1-14(2)13-23-11-12-24(21(23,4)5)19-15(3)8-9-16-18-17(25-20(16)19)7-6-10-22-18/h6-12,14H,13H2,1-5H3. The van der Waals surface area contributed by atoms with Gasteiger partial charge < -0.3 is 14.2 Å². The number of nitrogens with zero attached hydrogens (tertiary/aromatic N) is 3. The third-order valence-electron chi connectivity index (χ3n) is 5.06. The molecule has 0 unspecified atom stereocenters. The Morgan fingerprint density at radius 1 is 1.16 bits per heavy atom. The molecule has 0 fully saturated rings. The van der Waals surface area contributed by atoms with Gasteiger partial charge in [-0.15, -0.1) is 0 Å². The fraction of sp³-hybridized carbons (Fsp3) is 0.381. The molecule has 0 amide bonds. The number of pyridine rings is 1. The molecule has 0 bridgehead atoms. The van der Waals surface area contributed by atoms with Gasteiger partial charge in [0.15, 0.2) is 11.2 Å². The summed E-state index contributed by atoms with van der Waals surface area (Å²) < 4.78 is 6.23. The van der Waals surface area contributed by atoms with E-state index < -0.39 is 0 Å². The minimum atomic E-state index is -0.143. The lowest BCUT2D eigenvalue weighted by Crippen LogP contribution is -2.49. The quantitative estimate of drug-likeness (QED) is 0.652. The first-order chi connectivity index (χ1) is 11.9. The zero-order valence-corrected chi connectivity index (χ0v) is 15.6. The molecule has 0 saturated heterocycles. The summed E-state index contributed by atoms with van der Waals surface area (Å²) >= 11 is 0. The average molecular weight is 335 g/mol. The summed E-state index contributed by atoms with van der Waals surface area (Å²) in [5, 5.41) is 1.07. The van der Waals surface area contributed by atoms with Crippen molar-refractivity contribution in [3.63, 3.8) is 0 Å². The molecule has 0 atom stereocenters. The maximum atomic E-state index is 6.23. The summed E-state index contributed by atoms with van der Waals surface area (Å²) in [4.78, 5) is 9.25. The number of benzene rings is 1. The Hall–Kier alpha value is -2.49. The normalized spacial score (nSPS) is 16.7. The summed E-state index contributed by atoms with van der Waals surface area (Å²) in [6.07, 6.45) is 6.19. The molecule has 130 valence electrons. The largest absolute Gasteiger partial charge is 0.452 e. The summed E-state index contributed by atoms with van der Waals surface area (Å²) in [6.45, 7) is 12.2. The Labute approximate surface area is 148 Å². The molecule has 4 rings (SSSR count). The molecule has 3 aromatic rings. The van der Waals surface area contributed by atoms with E-state index >= 15 is 0 Å². The van der Waals surface area contributed by atoms with Crippen LogP contribution in [0.1, 0.15) is 33.3 Å². The highest BCUT2D eigenvalue weighted by Crippen LogP contribution is 2.42. The van der Waals surface area contributed by atoms with Crippen LogP contribution in [-0.2, 0) is 0 Å². The van der Waals surface area contributed by atoms with Gasteiger partial charge in [-0.05, 0) is 50.5 Å². The summed E-state index contributed by atoms with van der Waals surface area (Å²) in [5.41, 5.74) is 4.87. The highest BCUT2D eigenvalue weighted by atomic mass is 16.3. The van der Waals surface area contributed by atoms with Crippen molar-refractivity contribution in [2.45, 2.75) is 40.3 Å². The van der Waals surface area contributed by atoms with Crippen molar-refractivity contribution >= 4 is 27.8 Å². The zero-order valence-electron chi connectivity index (χ0n) is 15.6. The van der Waals surface area contributed by atoms with Crippen molar-refractivity contribution < 1.29 is 4.42 Å². The number of fused-ring (bicyclic) bond motifs is 3. The van der Waals surface area contributed by atoms with Gasteiger partial charge in [0, 0.05) is 30.5 Å². The highest BCUT2D eigenvalue weighted by Gasteiger charge is 2.37. The Kier molecular flexibility index (Phi) is 3.53. The Bertz CT molecular complexity index is 968. The van der Waals surface area contributed by atoms with E-state index in [4.69, 9.17) is 4.42 Å². The summed E-state index contributed by atoms with van der Waals surface area (Å²) in [6, 6.07) is 8.18. The van der Waals surface area contributed by atoms with Gasteiger partial charge in [-0.25, -0.2) is 0 Å². The van der Waals surface area contributed by atoms with Crippen LogP contribution in [0.2, 0.25) is 0 Å². The fourth-order valence-corrected chi connectivity index (χ4v) is 3.72. The molecule has 0 aliphatic carbocycles. The lowest BCUT2D eigenvalue weighted by molar-refractivity contribution is 0.190. The molecule has 0 N–H and O–H groups in total. The Balaban J connectivity index is 1.89. The van der Waals surface area contributed by atoms with E-state index in [1.54, 1.807) is 0 Å². The monoisotopic (exact) mass is 335 g/mol. The first-order valence-electron chi connectivity index (χ1n) is 8.91. The van der Waals surface area contributed by atoms with Crippen LogP contribution in [0.25, 0.3) is 22.1 Å². The van der Waals surface area contributed by atoms with Crippen molar-refractivity contribution in [1.82, 2.24) is 9.88 Å². The van der Waals surface area contributed by atoms with E-state index in [1.807, 2.05) is 18.3 Å². The molecular formula is C21H25N3O. The third kappa shape index (κ3) is 2.39. The van der Waals surface area contributed by atoms with Crippen molar-refractivity contribution in [2.24, 2.45) is 5.92 Å². The number of hydrogen-bond donors (Lipinski definition) is 0. The average Bonchev–Trinajstić information content (AvgIpc) is 3.05. The first-order valence-corrected chi connectivity index (χ1v) is 8.91. The van der Waals surface area contributed by atoms with E-state index in [-0.39, 0.29) is 5.66 Å². The van der Waals surface area contributed by atoms with Gasteiger partial charge in [-0.3, -0.25) is 4.98 Å². The fourth-order valence-electron chi connectivity index (χ4n) is 3.72. The third-order valence-corrected chi connectivity index (χ3v) is 5.06. The molecule has 3 heterocycles. The van der Waals surface area contributed by atoms with E-state index in [0.29, 0.717) is 5.92 Å². The lowest BCUT2D eigenvalue weighted by Gasteiger charge is -2.41. The van der Waals surface area contributed by atoms with Gasteiger partial charge >= 0.3 is 0 Å². The van der Waals surface area contributed by atoms with Crippen molar-refractivity contribution in [2.75, 3.05) is 11.4 Å². The molecule has 0 spiro atoms. The smallest absolute Gasteiger partial charge is 0.161 e. The molecular weight excluding hydrogens is 310 g/mol. The van der Waals surface area contributed by atoms with Crippen LogP contribution >= 0.6 is 0 Å². The Morgan fingerprint density at radius 2 is 1.96 bits per heavy atom. The second kappa shape index (κ2) is 5.51. The lowest BCUT2D eigenvalue weighted by atomic mass is 10.1. The van der Waals surface area contributed by atoms with E-state index in [9.17, 15) is 0 Å². The SMILES string of the molecule is Cc1ccc2c(oc3cccnc32)c1N1C=CN(CC(C)C)C1(C)C. The topological polar surface area (TPSA) is 32.5 Å². The molecule has 0 saturated carbocycles. The van der Waals surface area contributed by atoms with Crippen molar-refractivity contribution in [1.29, 1.82) is 0 Å². The van der Waals surface area contributed by atoms with Gasteiger partial charge in [-0.2, -0.15) is 0 Å². The van der Waals surface area contributed by atoms with Crippen LogP contribution in [-0.4, -0.2) is 22.1 Å². The number of aromatic nitrogens is 1. The van der Waals surface area contributed by atoms with Gasteiger partial charge in [0.05, 0.1) is 5.69 Å². The van der Waals surface area contributed by atoms with Gasteiger partial charge in [-0.1, -0.05) is 19.9 Å². The molecule has 1 aromatic carbocycles. The van der Waals surface area contributed by atoms with Crippen LogP contribution in [0.15, 0.2) is 47.3 Å². The van der Waals surface area contributed by atoms with Crippen molar-refractivity contribution in [3.8, 4) is 0 Å². The van der Waals surface area contributed by atoms with Gasteiger partial charge in [0.2, 0.25) is 0 Å². The van der Waals surface area contributed by atoms with Gasteiger partial charge in [0.1, 0.15) is 11.2 Å². The predicted molar refractivity (Wildman–Crippen MR) is 103 cm³/mol. The van der Waals surface area contributed by atoms with Gasteiger partial charge in [0.25, 0.3) is 0 Å². The van der Waals surface area contributed by atoms with E-state index in [1.165, 1.54) is 5.56 Å². The number of aryl methyl sites for hydroxylation is 1. The predicted octanol–water partition coefficient (Wildman–Crippen LogP) is 5.27. The minimum absolute atomic E-state index is 0.143. The van der Waals surface area contributed by atoms with E-state index in [2.05, 4.69) is 73.9 Å². The second-order valence-corrected chi connectivity index (χ2v) is 7.77. The molecule has 0 radical (unpaired) electrons. The zero-order chi connectivity index (χ0) is 17.8. The minimum Gasteiger partial charge on any atom is -0.452 e.